The molecule has 0 fully saturated rings. The van der Waals surface area contributed by atoms with Gasteiger partial charge in [0.15, 0.2) is 0 Å². The first-order chi connectivity index (χ1) is 20.0. The Morgan fingerprint density at radius 3 is 1.27 bits per heavy atom. The molecular formula is C33H66N2O6. The maximum absolute atomic E-state index is 11.5. The first-order valence-electron chi connectivity index (χ1n) is 17.0. The summed E-state index contributed by atoms with van der Waals surface area (Å²) in [4.78, 5) is 33.0. The number of rotatable bonds is 29. The minimum absolute atomic E-state index is 0.0417. The zero-order valence-electron chi connectivity index (χ0n) is 26.9. The Bertz CT molecular complexity index is 574. The van der Waals surface area contributed by atoms with Crippen LogP contribution < -0.4 is 11.1 Å². The molecule has 0 saturated carbocycles. The lowest BCUT2D eigenvalue weighted by Gasteiger charge is -2.05. The maximum atomic E-state index is 11.5. The molecule has 0 aliphatic rings. The van der Waals surface area contributed by atoms with E-state index < -0.39 is 6.09 Å². The molecule has 0 aromatic rings. The highest BCUT2D eigenvalue weighted by Crippen LogP contribution is 2.12. The molecule has 1 amide bonds. The predicted octanol–water partition coefficient (Wildman–Crippen LogP) is 8.69. The van der Waals surface area contributed by atoms with E-state index in [2.05, 4.69) is 19.2 Å². The molecule has 0 bridgehead atoms. The summed E-state index contributed by atoms with van der Waals surface area (Å²) in [6, 6.07) is 0. The van der Waals surface area contributed by atoms with Crippen LogP contribution >= 0.6 is 0 Å². The average Bonchev–Trinajstić information content (AvgIpc) is 2.95. The van der Waals surface area contributed by atoms with Gasteiger partial charge in [0.05, 0.1) is 13.2 Å². The van der Waals surface area contributed by atoms with Gasteiger partial charge >= 0.3 is 18.0 Å². The van der Waals surface area contributed by atoms with Crippen LogP contribution in [0.25, 0.3) is 0 Å². The molecule has 0 aliphatic heterocycles. The number of hydrogen-bond acceptors (Lipinski definition) is 6. The zero-order chi connectivity index (χ0) is 30.7. The fraction of sp³-hybridized carbons (Fsp3) is 0.909. The van der Waals surface area contributed by atoms with Gasteiger partial charge in [0, 0.05) is 19.4 Å². The third-order valence-corrected chi connectivity index (χ3v) is 6.94. The molecule has 0 unspecified atom stereocenters. The van der Waals surface area contributed by atoms with Crippen molar-refractivity contribution in [1.29, 1.82) is 0 Å². The van der Waals surface area contributed by atoms with Crippen LogP contribution in [-0.4, -0.2) is 49.4 Å². The van der Waals surface area contributed by atoms with E-state index in [4.69, 9.17) is 20.3 Å². The van der Waals surface area contributed by atoms with Crippen molar-refractivity contribution in [3.8, 4) is 0 Å². The first kappa shape index (κ1) is 41.3. The molecule has 0 atom stereocenters. The van der Waals surface area contributed by atoms with Gasteiger partial charge in [-0.3, -0.25) is 9.59 Å². The highest BCUT2D eigenvalue weighted by molar-refractivity contribution is 5.69. The second kappa shape index (κ2) is 36.2. The molecule has 0 saturated heterocycles. The Morgan fingerprint density at radius 1 is 0.537 bits per heavy atom. The van der Waals surface area contributed by atoms with E-state index in [0.717, 1.165) is 38.5 Å². The summed E-state index contributed by atoms with van der Waals surface area (Å²) in [6.07, 6.45) is 25.9. The largest absolute Gasteiger partial charge is 0.466 e. The molecule has 0 heterocycles. The molecule has 0 rings (SSSR count). The van der Waals surface area contributed by atoms with E-state index >= 15 is 0 Å². The molecule has 244 valence electrons. The fourth-order valence-corrected chi connectivity index (χ4v) is 4.35. The highest BCUT2D eigenvalue weighted by atomic mass is 16.5. The lowest BCUT2D eigenvalue weighted by molar-refractivity contribution is -0.144. The van der Waals surface area contributed by atoms with E-state index in [1.165, 1.54) is 89.9 Å². The predicted molar refractivity (Wildman–Crippen MR) is 169 cm³/mol. The molecule has 4 N–H and O–H groups in total. The number of hydrogen-bond donors (Lipinski definition) is 3. The van der Waals surface area contributed by atoms with E-state index in [1.807, 2.05) is 0 Å². The maximum Gasteiger partial charge on any atom is 0.404 e. The van der Waals surface area contributed by atoms with Crippen LogP contribution in [0, 0.1) is 0 Å². The number of amides is 1. The summed E-state index contributed by atoms with van der Waals surface area (Å²) in [7, 11) is 0. The minimum Gasteiger partial charge on any atom is -0.466 e. The van der Waals surface area contributed by atoms with Crippen molar-refractivity contribution in [2.24, 2.45) is 5.73 Å². The Labute approximate surface area is 252 Å². The summed E-state index contributed by atoms with van der Waals surface area (Å²) >= 11 is 0. The third-order valence-electron chi connectivity index (χ3n) is 6.94. The van der Waals surface area contributed by atoms with Crippen LogP contribution in [0.15, 0.2) is 0 Å². The van der Waals surface area contributed by atoms with Crippen LogP contribution in [-0.2, 0) is 19.1 Å². The van der Waals surface area contributed by atoms with Gasteiger partial charge in [-0.25, -0.2) is 4.79 Å². The molecule has 0 aromatic heterocycles. The van der Waals surface area contributed by atoms with Crippen molar-refractivity contribution >= 4 is 18.0 Å². The smallest absolute Gasteiger partial charge is 0.404 e. The van der Waals surface area contributed by atoms with Crippen LogP contribution in [0.4, 0.5) is 4.79 Å². The van der Waals surface area contributed by atoms with E-state index in [0.29, 0.717) is 52.0 Å². The average molecular weight is 587 g/mol. The van der Waals surface area contributed by atoms with Gasteiger partial charge in [0.25, 0.3) is 0 Å². The summed E-state index contributed by atoms with van der Waals surface area (Å²) in [5, 5.41) is 10.7. The van der Waals surface area contributed by atoms with Gasteiger partial charge in [-0.2, -0.15) is 0 Å². The number of carbonyl (C=O) groups is 3. The van der Waals surface area contributed by atoms with Crippen molar-refractivity contribution in [3.05, 3.63) is 0 Å². The highest BCUT2D eigenvalue weighted by Gasteiger charge is 2.03. The third kappa shape index (κ3) is 40.4. The SMILES string of the molecule is CCCCCCCCCCCC(=O)OCCCCN.CCCCCCCCCCCC(=O)OCCCCNC(=O)O. The van der Waals surface area contributed by atoms with Crippen molar-refractivity contribution in [3.63, 3.8) is 0 Å². The quantitative estimate of drug-likeness (QED) is 0.0590. The van der Waals surface area contributed by atoms with Crippen molar-refractivity contribution < 1.29 is 29.0 Å². The van der Waals surface area contributed by atoms with Crippen molar-refractivity contribution in [2.75, 3.05) is 26.3 Å². The second-order valence-electron chi connectivity index (χ2n) is 11.0. The molecule has 0 radical (unpaired) electrons. The van der Waals surface area contributed by atoms with Crippen molar-refractivity contribution in [2.45, 2.75) is 168 Å². The van der Waals surface area contributed by atoms with E-state index in [1.54, 1.807) is 0 Å². The van der Waals surface area contributed by atoms with Gasteiger partial charge in [-0.1, -0.05) is 117 Å². The number of esters is 2. The Morgan fingerprint density at radius 2 is 0.902 bits per heavy atom. The minimum atomic E-state index is -1.01. The Hall–Kier alpha value is -1.83. The summed E-state index contributed by atoms with van der Waals surface area (Å²) in [5.41, 5.74) is 5.37. The van der Waals surface area contributed by atoms with Crippen LogP contribution in [0.5, 0.6) is 0 Å². The number of carboxylic acid groups (broad SMARTS) is 1. The van der Waals surface area contributed by atoms with Gasteiger partial charge in [-0.05, 0) is 45.1 Å². The fourth-order valence-electron chi connectivity index (χ4n) is 4.35. The summed E-state index contributed by atoms with van der Waals surface area (Å²) in [5.74, 6) is -0.172. The summed E-state index contributed by atoms with van der Waals surface area (Å²) in [6.45, 7) is 6.48. The van der Waals surface area contributed by atoms with Gasteiger partial charge < -0.3 is 25.6 Å². The number of carbonyl (C=O) groups excluding carboxylic acids is 2. The monoisotopic (exact) mass is 586 g/mol. The number of unbranched alkanes of at least 4 members (excludes halogenated alkanes) is 18. The Kier molecular flexibility index (Phi) is 36.5. The summed E-state index contributed by atoms with van der Waals surface area (Å²) < 4.78 is 10.2. The van der Waals surface area contributed by atoms with E-state index in [-0.39, 0.29) is 11.9 Å². The lowest BCUT2D eigenvalue weighted by Crippen LogP contribution is -2.22. The second-order valence-corrected chi connectivity index (χ2v) is 11.0. The number of nitrogens with one attached hydrogen (secondary N) is 1. The molecule has 41 heavy (non-hydrogen) atoms. The van der Waals surface area contributed by atoms with Crippen molar-refractivity contribution in [1.82, 2.24) is 5.32 Å². The van der Waals surface area contributed by atoms with Crippen LogP contribution in [0.3, 0.4) is 0 Å². The molecule has 0 aliphatic carbocycles. The van der Waals surface area contributed by atoms with E-state index in [9.17, 15) is 14.4 Å². The molecule has 0 aromatic carbocycles. The van der Waals surface area contributed by atoms with Gasteiger partial charge in [0.2, 0.25) is 0 Å². The van der Waals surface area contributed by atoms with Crippen LogP contribution in [0.2, 0.25) is 0 Å². The molecule has 0 spiro atoms. The zero-order valence-corrected chi connectivity index (χ0v) is 26.9. The lowest BCUT2D eigenvalue weighted by atomic mass is 10.1. The molecular weight excluding hydrogens is 520 g/mol. The normalized spacial score (nSPS) is 10.5. The van der Waals surface area contributed by atoms with Crippen LogP contribution in [0.1, 0.15) is 168 Å². The van der Waals surface area contributed by atoms with Gasteiger partial charge in [0.1, 0.15) is 0 Å². The molecule has 8 heteroatoms. The topological polar surface area (TPSA) is 128 Å². The number of ether oxygens (including phenoxy) is 2. The Balaban J connectivity index is 0. The molecule has 8 nitrogen and oxygen atoms in total. The number of nitrogens with two attached hydrogens (primary N) is 1. The first-order valence-corrected chi connectivity index (χ1v) is 17.0. The van der Waals surface area contributed by atoms with Gasteiger partial charge in [-0.15, -0.1) is 0 Å². The standard InChI is InChI=1S/C17H33NO4.C16H33NO2/c1-2-3-4-5-6-7-8-9-10-13-16(19)22-15-12-11-14-18-17(20)21;1-2-3-4-5-6-7-8-9-10-13-16(18)19-15-12-11-14-17/h18H,2-15H2,1H3,(H,20,21);2-15,17H2,1H3.